The van der Waals surface area contributed by atoms with Crippen LogP contribution < -0.4 is 5.73 Å². The molecule has 116 valence electrons. The van der Waals surface area contributed by atoms with Crippen LogP contribution in [0.2, 0.25) is 0 Å². The number of rotatable bonds is 3. The van der Waals surface area contributed by atoms with E-state index in [1.54, 1.807) is 6.26 Å². The summed E-state index contributed by atoms with van der Waals surface area (Å²) in [4.78, 5) is 11.8. The Balaban J connectivity index is 1.66. The topological polar surface area (TPSA) is 68.2 Å². The number of aromatic nitrogens is 2. The van der Waals surface area contributed by atoms with Crippen LogP contribution in [0.1, 0.15) is 30.3 Å². The van der Waals surface area contributed by atoms with Gasteiger partial charge in [0.2, 0.25) is 0 Å². The van der Waals surface area contributed by atoms with Gasteiger partial charge >= 0.3 is 0 Å². The molecule has 3 saturated heterocycles. The van der Waals surface area contributed by atoms with E-state index in [0.29, 0.717) is 17.9 Å². The summed E-state index contributed by atoms with van der Waals surface area (Å²) in [6.45, 7) is 4.97. The number of aryl methyl sites for hydroxylation is 1. The summed E-state index contributed by atoms with van der Waals surface area (Å²) in [5.74, 6) is 2.81. The number of nitrogens with zero attached hydrogens (tertiary/aromatic N) is 3. The Morgan fingerprint density at radius 3 is 3.00 bits per heavy atom. The van der Waals surface area contributed by atoms with Crippen LogP contribution in [0.15, 0.2) is 28.9 Å². The molecule has 3 aliphatic rings. The molecule has 5 rings (SSSR count). The molecule has 2 N–H and O–H groups in total. The van der Waals surface area contributed by atoms with Crippen molar-refractivity contribution in [2.24, 2.45) is 11.7 Å². The molecular weight excluding hydrogens is 276 g/mol. The van der Waals surface area contributed by atoms with E-state index in [9.17, 15) is 0 Å². The minimum absolute atomic E-state index is 0.493. The van der Waals surface area contributed by atoms with Gasteiger partial charge in [-0.25, -0.2) is 9.97 Å². The second-order valence-electron chi connectivity index (χ2n) is 6.48. The molecule has 5 heterocycles. The highest BCUT2D eigenvalue weighted by Gasteiger charge is 2.40. The maximum Gasteiger partial charge on any atom is 0.152 e. The molecule has 0 amide bonds. The molecule has 4 atom stereocenters. The van der Waals surface area contributed by atoms with Gasteiger partial charge in [-0.05, 0) is 50.4 Å². The highest BCUT2D eigenvalue weighted by atomic mass is 16.3. The molecule has 5 heteroatoms. The number of hydrogen-bond acceptors (Lipinski definition) is 5. The zero-order chi connectivity index (χ0) is 15.1. The summed E-state index contributed by atoms with van der Waals surface area (Å²) in [7, 11) is 0. The monoisotopic (exact) mass is 298 g/mol. The smallest absolute Gasteiger partial charge is 0.152 e. The van der Waals surface area contributed by atoms with Crippen molar-refractivity contribution >= 4 is 0 Å². The number of furan rings is 1. The van der Waals surface area contributed by atoms with Crippen molar-refractivity contribution in [2.45, 2.75) is 31.7 Å². The van der Waals surface area contributed by atoms with E-state index < -0.39 is 0 Å². The lowest BCUT2D eigenvalue weighted by Gasteiger charge is -2.49. The normalized spacial score (nSPS) is 30.6. The fourth-order valence-electron chi connectivity index (χ4n) is 4.05. The number of hydrogen-bond donors (Lipinski definition) is 1. The van der Waals surface area contributed by atoms with Gasteiger partial charge in [0.15, 0.2) is 5.76 Å². The Morgan fingerprint density at radius 2 is 2.32 bits per heavy atom. The number of piperidine rings is 3. The lowest BCUT2D eigenvalue weighted by atomic mass is 9.74. The van der Waals surface area contributed by atoms with Gasteiger partial charge in [0.25, 0.3) is 0 Å². The van der Waals surface area contributed by atoms with Crippen LogP contribution >= 0.6 is 0 Å². The average Bonchev–Trinajstić information content (AvgIpc) is 3.09. The third kappa shape index (κ3) is 2.34. The summed E-state index contributed by atoms with van der Waals surface area (Å²) in [5.41, 5.74) is 7.95. The quantitative estimate of drug-likeness (QED) is 0.940. The van der Waals surface area contributed by atoms with Crippen molar-refractivity contribution in [1.82, 2.24) is 14.9 Å². The fourth-order valence-corrected chi connectivity index (χ4v) is 4.05. The maximum absolute atomic E-state index is 5.91. The predicted molar refractivity (Wildman–Crippen MR) is 84.4 cm³/mol. The molecular formula is C17H22N4O. The van der Waals surface area contributed by atoms with Crippen LogP contribution in [0.25, 0.3) is 11.5 Å². The van der Waals surface area contributed by atoms with Crippen molar-refractivity contribution in [3.05, 3.63) is 36.0 Å². The molecule has 3 aliphatic heterocycles. The van der Waals surface area contributed by atoms with Crippen molar-refractivity contribution in [3.63, 3.8) is 0 Å². The van der Waals surface area contributed by atoms with E-state index in [4.69, 9.17) is 15.1 Å². The van der Waals surface area contributed by atoms with E-state index in [1.165, 1.54) is 19.4 Å². The zero-order valence-corrected chi connectivity index (χ0v) is 12.9. The summed E-state index contributed by atoms with van der Waals surface area (Å²) < 4.78 is 5.50. The van der Waals surface area contributed by atoms with Crippen LogP contribution in [-0.2, 0) is 0 Å². The van der Waals surface area contributed by atoms with E-state index in [-0.39, 0.29) is 0 Å². The van der Waals surface area contributed by atoms with Gasteiger partial charge in [-0.3, -0.25) is 4.90 Å². The predicted octanol–water partition coefficient (Wildman–Crippen LogP) is 2.18. The van der Waals surface area contributed by atoms with Crippen molar-refractivity contribution < 1.29 is 4.42 Å². The average molecular weight is 298 g/mol. The largest absolute Gasteiger partial charge is 0.463 e. The molecule has 0 saturated carbocycles. The first-order valence-corrected chi connectivity index (χ1v) is 8.08. The van der Waals surface area contributed by atoms with Gasteiger partial charge in [-0.1, -0.05) is 0 Å². The second kappa shape index (κ2) is 5.48. The molecule has 3 fully saturated rings. The van der Waals surface area contributed by atoms with Gasteiger partial charge in [-0.2, -0.15) is 0 Å². The maximum atomic E-state index is 5.91. The summed E-state index contributed by atoms with van der Waals surface area (Å²) >= 11 is 0. The van der Waals surface area contributed by atoms with E-state index in [0.717, 1.165) is 36.1 Å². The van der Waals surface area contributed by atoms with Gasteiger partial charge in [0, 0.05) is 30.7 Å². The van der Waals surface area contributed by atoms with Gasteiger partial charge in [0.1, 0.15) is 11.5 Å². The van der Waals surface area contributed by atoms with Crippen molar-refractivity contribution in [1.29, 1.82) is 0 Å². The second-order valence-corrected chi connectivity index (χ2v) is 6.48. The molecule has 0 aliphatic carbocycles. The highest BCUT2D eigenvalue weighted by molar-refractivity contribution is 5.52. The van der Waals surface area contributed by atoms with E-state index in [2.05, 4.69) is 16.0 Å². The molecule has 2 aromatic rings. The Bertz CT molecular complexity index is 655. The highest BCUT2D eigenvalue weighted by Crippen LogP contribution is 2.41. The van der Waals surface area contributed by atoms with E-state index >= 15 is 0 Å². The summed E-state index contributed by atoms with van der Waals surface area (Å²) in [6.07, 6.45) is 4.13. The lowest BCUT2D eigenvalue weighted by Crippen LogP contribution is -2.55. The standard InChI is InChI=1S/C17H22N4O/c1-11-19-15(8-16(20-11)17-3-2-6-22-17)14-10-21-5-4-12(14)7-13(21)9-18/h2-3,6,8,12-14H,4-5,7,9-10,18H2,1H3. The van der Waals surface area contributed by atoms with Gasteiger partial charge < -0.3 is 10.2 Å². The van der Waals surface area contributed by atoms with Crippen LogP contribution in [0.4, 0.5) is 0 Å². The Hall–Kier alpha value is -1.72. The number of nitrogens with two attached hydrogens (primary N) is 1. The molecule has 22 heavy (non-hydrogen) atoms. The van der Waals surface area contributed by atoms with Gasteiger partial charge in [-0.15, -0.1) is 0 Å². The minimum Gasteiger partial charge on any atom is -0.463 e. The first-order chi connectivity index (χ1) is 10.7. The Kier molecular flexibility index (Phi) is 3.47. The third-order valence-electron chi connectivity index (χ3n) is 5.16. The number of fused-ring (bicyclic) bond motifs is 3. The molecule has 2 aromatic heterocycles. The molecule has 4 unspecified atom stereocenters. The Morgan fingerprint density at radius 1 is 1.41 bits per heavy atom. The lowest BCUT2D eigenvalue weighted by molar-refractivity contribution is 0.0333. The van der Waals surface area contributed by atoms with Crippen molar-refractivity contribution in [3.8, 4) is 11.5 Å². The molecule has 0 aromatic carbocycles. The van der Waals surface area contributed by atoms with Crippen LogP contribution in [-0.4, -0.2) is 40.5 Å². The summed E-state index contributed by atoms with van der Waals surface area (Å²) in [6, 6.07) is 6.51. The first-order valence-electron chi connectivity index (χ1n) is 8.08. The molecule has 2 bridgehead atoms. The van der Waals surface area contributed by atoms with Gasteiger partial charge in [0.05, 0.1) is 6.26 Å². The SMILES string of the molecule is Cc1nc(-c2ccco2)cc(C2CN3CCC2CC3CN)n1. The Labute approximate surface area is 130 Å². The van der Waals surface area contributed by atoms with Crippen LogP contribution in [0.5, 0.6) is 0 Å². The first kappa shape index (κ1) is 13.9. The third-order valence-corrected chi connectivity index (χ3v) is 5.16. The molecule has 5 nitrogen and oxygen atoms in total. The zero-order valence-electron chi connectivity index (χ0n) is 12.9. The molecule has 0 radical (unpaired) electrons. The van der Waals surface area contributed by atoms with Crippen molar-refractivity contribution in [2.75, 3.05) is 19.6 Å². The summed E-state index contributed by atoms with van der Waals surface area (Å²) in [5, 5.41) is 0. The fraction of sp³-hybridized carbons (Fsp3) is 0.529. The van der Waals surface area contributed by atoms with E-state index in [1.807, 2.05) is 19.1 Å². The van der Waals surface area contributed by atoms with Crippen LogP contribution in [0, 0.1) is 12.8 Å². The molecule has 0 spiro atoms. The minimum atomic E-state index is 0.493. The van der Waals surface area contributed by atoms with Crippen LogP contribution in [0.3, 0.4) is 0 Å².